The van der Waals surface area contributed by atoms with Crippen molar-refractivity contribution in [2.75, 3.05) is 6.61 Å². The van der Waals surface area contributed by atoms with Crippen LogP contribution in [0.5, 0.6) is 0 Å². The molecule has 0 aromatic heterocycles. The van der Waals surface area contributed by atoms with E-state index < -0.39 is 0 Å². The van der Waals surface area contributed by atoms with Crippen LogP contribution in [0.3, 0.4) is 0 Å². The van der Waals surface area contributed by atoms with E-state index in [4.69, 9.17) is 4.74 Å². The molecule has 12 unspecified atom stereocenters. The lowest BCUT2D eigenvalue weighted by molar-refractivity contribution is -0.143. The van der Waals surface area contributed by atoms with Gasteiger partial charge in [-0.05, 0) is 51.9 Å². The zero-order valence-corrected chi connectivity index (χ0v) is 47.0. The monoisotopic (exact) mass is 1880 g/mol. The van der Waals surface area contributed by atoms with Gasteiger partial charge >= 0.3 is 5.97 Å². The van der Waals surface area contributed by atoms with Crippen molar-refractivity contribution in [2.45, 2.75) is 112 Å². The minimum Gasteiger partial charge on any atom is -0.466 e. The first-order valence-electron chi connectivity index (χ1n) is 12.5. The second-order valence-corrected chi connectivity index (χ2v) is 28.3. The number of hydrogen-bond donors (Lipinski definition) is 0. The maximum absolute atomic E-state index is 11.7. The number of carbonyl (C=O) groups excluding carboxylic acids is 1. The Kier molecular flexibility index (Phi) is 32.9. The van der Waals surface area contributed by atoms with E-state index in [1.165, 1.54) is 38.5 Å². The number of halogens is 12. The Morgan fingerprint density at radius 3 is 1.00 bits per heavy atom. The second-order valence-electron chi connectivity index (χ2n) is 9.12. The number of alkyl halides is 12. The second kappa shape index (κ2) is 27.0. The quantitative estimate of drug-likeness (QED) is 0.0650. The molecule has 12 atom stereocenters. The Morgan fingerprint density at radius 1 is 0.474 bits per heavy atom. The maximum Gasteiger partial charge on any atom is 0.305 e. The first-order chi connectivity index (χ1) is 17.6. The average Bonchev–Trinajstić information content (AvgIpc) is 2.86. The van der Waals surface area contributed by atoms with Crippen molar-refractivity contribution in [1.82, 2.24) is 0 Å². The largest absolute Gasteiger partial charge is 0.466 e. The van der Waals surface area contributed by atoms with Crippen LogP contribution in [0.25, 0.3) is 0 Å². The molecule has 0 saturated heterocycles. The fourth-order valence-electron chi connectivity index (χ4n) is 3.48. The van der Waals surface area contributed by atoms with Gasteiger partial charge < -0.3 is 4.74 Å². The Hall–Kier alpha value is 8.23. The van der Waals surface area contributed by atoms with Crippen molar-refractivity contribution >= 4 is 277 Å². The molecule has 0 aliphatic heterocycles. The van der Waals surface area contributed by atoms with Gasteiger partial charge in [0.05, 0.1) is 6.61 Å². The zero-order valence-electron chi connectivity index (χ0n) is 21.1. The standard InChI is InChI=1S/C24H36I12O2/c1-3-12(25)14(27)7-16(29)18(31)9-20(33)22(35)11-23(36)21(34)10-19(32)17(30)8-15(28)13(26)5-6-24(37)38-4-2/h12-23H,3-11H2,1-2H3. The number of ether oxygens (including phenoxy) is 1. The van der Waals surface area contributed by atoms with E-state index in [-0.39, 0.29) is 5.97 Å². The molecule has 38 heavy (non-hydrogen) atoms. The van der Waals surface area contributed by atoms with E-state index >= 15 is 0 Å². The Balaban J connectivity index is 4.59. The molecule has 0 aromatic carbocycles. The van der Waals surface area contributed by atoms with Crippen LogP contribution in [0.1, 0.15) is 65.2 Å². The molecule has 0 amide bonds. The van der Waals surface area contributed by atoms with Gasteiger partial charge in [0, 0.05) is 53.5 Å². The molecular weight excluding hydrogens is 1840 g/mol. The van der Waals surface area contributed by atoms with Crippen molar-refractivity contribution < 1.29 is 9.53 Å². The Morgan fingerprint density at radius 2 is 0.737 bits per heavy atom. The molecule has 0 aliphatic rings. The van der Waals surface area contributed by atoms with Crippen LogP contribution in [-0.2, 0) is 9.53 Å². The van der Waals surface area contributed by atoms with Crippen molar-refractivity contribution in [3.63, 3.8) is 0 Å². The molecule has 2 nitrogen and oxygen atoms in total. The van der Waals surface area contributed by atoms with E-state index in [0.29, 0.717) is 36.6 Å². The highest BCUT2D eigenvalue weighted by atomic mass is 127. The Labute approximate surface area is 396 Å². The van der Waals surface area contributed by atoms with Gasteiger partial charge in [0.1, 0.15) is 0 Å². The van der Waals surface area contributed by atoms with Crippen LogP contribution in [0.4, 0.5) is 0 Å². The molecule has 0 rings (SSSR count). The topological polar surface area (TPSA) is 26.3 Å². The van der Waals surface area contributed by atoms with E-state index in [0.717, 1.165) is 30.0 Å². The van der Waals surface area contributed by atoms with E-state index in [1.54, 1.807) is 0 Å². The minimum absolute atomic E-state index is 0.0579. The van der Waals surface area contributed by atoms with Crippen LogP contribution < -0.4 is 0 Å². The van der Waals surface area contributed by atoms with Gasteiger partial charge in [-0.1, -0.05) is 278 Å². The van der Waals surface area contributed by atoms with Gasteiger partial charge in [0.2, 0.25) is 0 Å². The summed E-state index contributed by atoms with van der Waals surface area (Å²) in [5.74, 6) is -0.0579. The highest BCUT2D eigenvalue weighted by Gasteiger charge is 2.31. The molecule has 0 aliphatic carbocycles. The summed E-state index contributed by atoms with van der Waals surface area (Å²) >= 11 is 32.2. The molecule has 0 spiro atoms. The molecular formula is C24H36I12O2. The molecule has 0 fully saturated rings. The minimum atomic E-state index is -0.0579. The van der Waals surface area contributed by atoms with Crippen molar-refractivity contribution in [3.8, 4) is 0 Å². The van der Waals surface area contributed by atoms with Crippen LogP contribution >= 0.6 is 271 Å². The van der Waals surface area contributed by atoms with Gasteiger partial charge in [-0.2, -0.15) is 0 Å². The van der Waals surface area contributed by atoms with Gasteiger partial charge in [0.15, 0.2) is 0 Å². The van der Waals surface area contributed by atoms with E-state index in [9.17, 15) is 4.79 Å². The number of rotatable bonds is 21. The lowest BCUT2D eigenvalue weighted by Crippen LogP contribution is -2.31. The number of esters is 1. The summed E-state index contributed by atoms with van der Waals surface area (Å²) in [6.45, 7) is 4.67. The first kappa shape index (κ1) is 46.2. The number of hydrogen-bond acceptors (Lipinski definition) is 2. The van der Waals surface area contributed by atoms with Crippen LogP contribution in [0.2, 0.25) is 0 Å². The first-order valence-corrected chi connectivity index (χ1v) is 27.4. The van der Waals surface area contributed by atoms with Crippen LogP contribution in [-0.4, -0.2) is 59.7 Å². The SMILES string of the molecule is CCOC(=O)CCC(I)C(I)CC(I)C(I)CC(I)C(I)CC(I)C(I)CC(I)C(I)CC(I)C(I)CC. The van der Waals surface area contributed by atoms with Gasteiger partial charge in [-0.15, -0.1) is 0 Å². The third kappa shape index (κ3) is 21.3. The molecule has 0 bridgehead atoms. The average molecular weight is 1880 g/mol. The third-order valence-electron chi connectivity index (χ3n) is 5.93. The summed E-state index contributed by atoms with van der Waals surface area (Å²) in [6.07, 6.45) is 9.13. The lowest BCUT2D eigenvalue weighted by Gasteiger charge is -2.29. The van der Waals surface area contributed by atoms with Gasteiger partial charge in [-0.3, -0.25) is 4.79 Å². The molecule has 0 radical (unpaired) electrons. The number of carbonyl (C=O) groups is 1. The van der Waals surface area contributed by atoms with E-state index in [1.807, 2.05) is 6.92 Å². The summed E-state index contributed by atoms with van der Waals surface area (Å²) in [4.78, 5) is 11.7. The Bertz CT molecular complexity index is 633. The molecule has 0 saturated carbocycles. The predicted molar refractivity (Wildman–Crippen MR) is 273 cm³/mol. The highest BCUT2D eigenvalue weighted by Crippen LogP contribution is 2.38. The molecule has 0 heterocycles. The molecule has 228 valence electrons. The molecule has 0 aromatic rings. The predicted octanol–water partition coefficient (Wildman–Crippen LogP) is 13.3. The van der Waals surface area contributed by atoms with Gasteiger partial charge in [-0.25, -0.2) is 0 Å². The fraction of sp³-hybridized carbons (Fsp3) is 0.958. The van der Waals surface area contributed by atoms with E-state index in [2.05, 4.69) is 278 Å². The summed E-state index contributed by atoms with van der Waals surface area (Å²) < 4.78 is 13.4. The summed E-state index contributed by atoms with van der Waals surface area (Å²) in [5, 5.41) is 0. The normalized spacial score (nSPS) is 21.7. The third-order valence-corrected chi connectivity index (χ3v) is 31.2. The van der Waals surface area contributed by atoms with Crippen LogP contribution in [0, 0.1) is 0 Å². The smallest absolute Gasteiger partial charge is 0.305 e. The lowest BCUT2D eigenvalue weighted by atomic mass is 10.0. The molecule has 14 heteroatoms. The summed E-state index contributed by atoms with van der Waals surface area (Å²) in [6, 6.07) is 0. The highest BCUT2D eigenvalue weighted by molar-refractivity contribution is 14.1. The van der Waals surface area contributed by atoms with Crippen molar-refractivity contribution in [2.24, 2.45) is 0 Å². The summed E-state index contributed by atoms with van der Waals surface area (Å²) in [5.41, 5.74) is 0. The molecule has 0 N–H and O–H groups in total. The summed E-state index contributed by atoms with van der Waals surface area (Å²) in [7, 11) is 0. The fourth-order valence-corrected chi connectivity index (χ4v) is 17.9. The zero-order chi connectivity index (χ0) is 29.6. The maximum atomic E-state index is 11.7. The van der Waals surface area contributed by atoms with Crippen molar-refractivity contribution in [3.05, 3.63) is 0 Å². The van der Waals surface area contributed by atoms with Gasteiger partial charge in [0.25, 0.3) is 0 Å². The van der Waals surface area contributed by atoms with Crippen LogP contribution in [0.15, 0.2) is 0 Å². The van der Waals surface area contributed by atoms with Crippen molar-refractivity contribution in [1.29, 1.82) is 0 Å².